The maximum absolute atomic E-state index is 14.0. The molecule has 0 unspecified atom stereocenters. The molecule has 1 aliphatic carbocycles. The number of nitrogens with zero attached hydrogens (tertiary/aromatic N) is 3. The van der Waals surface area contributed by atoms with Crippen molar-refractivity contribution in [3.05, 3.63) is 17.0 Å². The number of carbonyl (C=O) groups is 2. The zero-order valence-electron chi connectivity index (χ0n) is 22.8. The van der Waals surface area contributed by atoms with Crippen LogP contribution in [-0.2, 0) is 27.7 Å². The van der Waals surface area contributed by atoms with Gasteiger partial charge in [-0.15, -0.1) is 0 Å². The van der Waals surface area contributed by atoms with Gasteiger partial charge in [-0.3, -0.25) is 14.3 Å². The highest BCUT2D eigenvalue weighted by molar-refractivity contribution is 7.94. The highest BCUT2D eigenvalue weighted by Gasteiger charge is 2.61. The van der Waals surface area contributed by atoms with Crippen LogP contribution in [0.25, 0.3) is 0 Å². The Kier molecular flexibility index (Phi) is 7.54. The molecule has 1 aromatic heterocycles. The van der Waals surface area contributed by atoms with Crippen molar-refractivity contribution in [3.8, 4) is 0 Å². The average molecular weight is 526 g/mol. The zero-order chi connectivity index (χ0) is 26.6. The molecule has 1 aromatic rings. The number of rotatable bonds is 11. The van der Waals surface area contributed by atoms with Gasteiger partial charge in [0.1, 0.15) is 11.4 Å². The van der Waals surface area contributed by atoms with Crippen LogP contribution >= 0.6 is 0 Å². The van der Waals surface area contributed by atoms with Gasteiger partial charge < -0.3 is 9.33 Å². The molecule has 0 atom stereocenters. The topological polar surface area (TPSA) is 98.6 Å². The normalized spacial score (nSPS) is 18.5. The second kappa shape index (κ2) is 9.41. The molecule has 1 aliphatic heterocycles. The van der Waals surface area contributed by atoms with Crippen molar-refractivity contribution >= 4 is 30.3 Å². The lowest BCUT2D eigenvalue weighted by Gasteiger charge is -2.44. The first-order valence-corrected chi connectivity index (χ1v) is 16.4. The summed E-state index contributed by atoms with van der Waals surface area (Å²) >= 11 is 0. The molecule has 0 spiro atoms. The number of amides is 1. The molecule has 10 heteroatoms. The Labute approximate surface area is 211 Å². The first kappa shape index (κ1) is 28.1. The Morgan fingerprint density at radius 1 is 1.11 bits per heavy atom. The fraction of sp³-hybridized carbons (Fsp3) is 0.800. The van der Waals surface area contributed by atoms with Gasteiger partial charge in [0.15, 0.2) is 24.4 Å². The molecule has 3 rings (SSSR count). The summed E-state index contributed by atoms with van der Waals surface area (Å²) in [6.07, 6.45) is 2.26. The molecule has 35 heavy (non-hydrogen) atoms. The standard InChI is InChI=1S/C25H43N3O5SSi/c1-17(2)35(18(3)4,19(5)6)33-16-24(7,8)34(31,32)25(11-12-25)15-28-13-10-20-21(14-29)26-27(9)22(20)23(28)30/h14,17-19H,10-13,15-16H2,1-9H3. The summed E-state index contributed by atoms with van der Waals surface area (Å²) in [5, 5.41) is 4.16. The SMILES string of the molecule is CC(C)[Si](OCC(C)(C)S(=O)(=O)C1(CN2CCc3c(C=O)nn(C)c3C2=O)CC1)(C(C)C)C(C)C. The van der Waals surface area contributed by atoms with E-state index >= 15 is 0 Å². The number of hydrogen-bond donors (Lipinski definition) is 0. The third-order valence-electron chi connectivity index (χ3n) is 8.37. The maximum Gasteiger partial charge on any atom is 0.272 e. The van der Waals surface area contributed by atoms with Gasteiger partial charge in [0.05, 0.1) is 16.1 Å². The Balaban J connectivity index is 1.83. The number of aromatic nitrogens is 2. The van der Waals surface area contributed by atoms with Crippen LogP contribution in [0.5, 0.6) is 0 Å². The lowest BCUT2D eigenvalue weighted by atomic mass is 10.0. The lowest BCUT2D eigenvalue weighted by Crippen LogP contribution is -2.55. The molecular formula is C25H43N3O5SSi. The Bertz CT molecular complexity index is 1070. The van der Waals surface area contributed by atoms with Gasteiger partial charge in [-0.05, 0) is 49.7 Å². The molecule has 1 fully saturated rings. The molecule has 0 bridgehead atoms. The van der Waals surface area contributed by atoms with Gasteiger partial charge in [0.25, 0.3) is 5.91 Å². The summed E-state index contributed by atoms with van der Waals surface area (Å²) in [4.78, 5) is 26.2. The van der Waals surface area contributed by atoms with Gasteiger partial charge >= 0.3 is 0 Å². The zero-order valence-corrected chi connectivity index (χ0v) is 24.7. The Morgan fingerprint density at radius 2 is 1.66 bits per heavy atom. The summed E-state index contributed by atoms with van der Waals surface area (Å²) in [5.41, 5.74) is 2.43. The van der Waals surface area contributed by atoms with E-state index < -0.39 is 27.6 Å². The third kappa shape index (κ3) is 4.43. The summed E-state index contributed by atoms with van der Waals surface area (Å²) in [6, 6.07) is 0. The van der Waals surface area contributed by atoms with Crippen LogP contribution in [0.2, 0.25) is 16.6 Å². The number of hydrogen-bond acceptors (Lipinski definition) is 6. The van der Waals surface area contributed by atoms with Crippen LogP contribution in [0.1, 0.15) is 94.8 Å². The highest BCUT2D eigenvalue weighted by Crippen LogP contribution is 2.50. The number of aldehydes is 1. The molecule has 0 aromatic carbocycles. The summed E-state index contributed by atoms with van der Waals surface area (Å²) in [7, 11) is -4.19. The molecule has 0 radical (unpaired) electrons. The smallest absolute Gasteiger partial charge is 0.272 e. The van der Waals surface area contributed by atoms with E-state index in [4.69, 9.17) is 4.43 Å². The molecular weight excluding hydrogens is 482 g/mol. The predicted molar refractivity (Wildman–Crippen MR) is 140 cm³/mol. The minimum atomic E-state index is -3.61. The van der Waals surface area contributed by atoms with Crippen molar-refractivity contribution in [1.29, 1.82) is 0 Å². The van der Waals surface area contributed by atoms with Gasteiger partial charge in [0, 0.05) is 25.7 Å². The van der Waals surface area contributed by atoms with Crippen LogP contribution in [0.4, 0.5) is 0 Å². The maximum atomic E-state index is 14.0. The van der Waals surface area contributed by atoms with Crippen LogP contribution < -0.4 is 0 Å². The van der Waals surface area contributed by atoms with Crippen molar-refractivity contribution in [2.24, 2.45) is 7.05 Å². The van der Waals surface area contributed by atoms with Gasteiger partial charge in [-0.25, -0.2) is 8.42 Å². The molecule has 198 valence electrons. The van der Waals surface area contributed by atoms with E-state index in [0.29, 0.717) is 60.0 Å². The van der Waals surface area contributed by atoms with Crippen molar-refractivity contribution in [2.45, 2.75) is 101 Å². The average Bonchev–Trinajstić information content (AvgIpc) is 3.46. The van der Waals surface area contributed by atoms with E-state index in [1.807, 2.05) is 0 Å². The predicted octanol–water partition coefficient (Wildman–Crippen LogP) is 4.15. The Morgan fingerprint density at radius 3 is 2.11 bits per heavy atom. The van der Waals surface area contributed by atoms with Crippen LogP contribution in [-0.4, -0.2) is 72.8 Å². The number of aryl methyl sites for hydroxylation is 1. The molecule has 2 aliphatic rings. The molecule has 0 N–H and O–H groups in total. The van der Waals surface area contributed by atoms with E-state index in [-0.39, 0.29) is 24.8 Å². The number of fused-ring (bicyclic) bond motifs is 1. The fourth-order valence-corrected chi connectivity index (χ4v) is 14.4. The van der Waals surface area contributed by atoms with Crippen molar-refractivity contribution in [2.75, 3.05) is 19.7 Å². The molecule has 1 saturated carbocycles. The van der Waals surface area contributed by atoms with Crippen molar-refractivity contribution < 1.29 is 22.4 Å². The summed E-state index contributed by atoms with van der Waals surface area (Å²) < 4.78 is 34.2. The second-order valence-electron chi connectivity index (χ2n) is 12.0. The van der Waals surface area contributed by atoms with Crippen molar-refractivity contribution in [3.63, 3.8) is 0 Å². The van der Waals surface area contributed by atoms with Crippen LogP contribution in [0.3, 0.4) is 0 Å². The van der Waals surface area contributed by atoms with Crippen LogP contribution in [0.15, 0.2) is 0 Å². The van der Waals surface area contributed by atoms with Gasteiger partial charge in [0.2, 0.25) is 0 Å². The quantitative estimate of drug-likeness (QED) is 0.318. The lowest BCUT2D eigenvalue weighted by molar-refractivity contribution is 0.0724. The number of carbonyl (C=O) groups excluding carboxylic acids is 2. The summed E-state index contributed by atoms with van der Waals surface area (Å²) in [6.45, 7) is 17.4. The molecule has 1 amide bonds. The molecule has 0 saturated heterocycles. The van der Waals surface area contributed by atoms with Crippen molar-refractivity contribution in [1.82, 2.24) is 14.7 Å². The second-order valence-corrected chi connectivity index (χ2v) is 20.4. The number of sulfone groups is 1. The van der Waals surface area contributed by atoms with E-state index in [9.17, 15) is 18.0 Å². The summed E-state index contributed by atoms with van der Waals surface area (Å²) in [5.74, 6) is -0.254. The fourth-order valence-electron chi connectivity index (χ4n) is 6.31. The monoisotopic (exact) mass is 525 g/mol. The molecule has 8 nitrogen and oxygen atoms in total. The Hall–Kier alpha value is -1.52. The highest BCUT2D eigenvalue weighted by atomic mass is 32.2. The van der Waals surface area contributed by atoms with E-state index in [1.54, 1.807) is 25.8 Å². The van der Waals surface area contributed by atoms with Crippen LogP contribution in [0, 0.1) is 0 Å². The minimum absolute atomic E-state index is 0.166. The van der Waals surface area contributed by atoms with E-state index in [2.05, 4.69) is 46.6 Å². The van der Waals surface area contributed by atoms with Gasteiger partial charge in [-0.1, -0.05) is 41.5 Å². The third-order valence-corrected chi connectivity index (χ3v) is 17.7. The minimum Gasteiger partial charge on any atom is -0.414 e. The first-order chi connectivity index (χ1) is 16.1. The first-order valence-electron chi connectivity index (χ1n) is 12.8. The van der Waals surface area contributed by atoms with Gasteiger partial charge in [-0.2, -0.15) is 5.10 Å². The van der Waals surface area contributed by atoms with E-state index in [1.165, 1.54) is 4.68 Å². The van der Waals surface area contributed by atoms with E-state index in [0.717, 1.165) is 0 Å². The molecule has 2 heterocycles. The largest absolute Gasteiger partial charge is 0.414 e.